The molecule has 0 radical (unpaired) electrons. The number of rotatable bonds is 13. The van der Waals surface area contributed by atoms with Crippen molar-refractivity contribution in [3.63, 3.8) is 0 Å². The molecule has 39 heavy (non-hydrogen) atoms. The molecule has 2 N–H and O–H groups in total. The zero-order valence-corrected chi connectivity index (χ0v) is 22.7. The lowest BCUT2D eigenvalue weighted by atomic mass is 10.0. The number of nitrogens with one attached hydrogen (secondary N) is 2. The molecule has 2 aromatic carbocycles. The quantitative estimate of drug-likeness (QED) is 0.211. The van der Waals surface area contributed by atoms with Crippen LogP contribution in [0, 0.1) is 11.3 Å². The number of nitriles is 1. The van der Waals surface area contributed by atoms with Crippen LogP contribution in [0.25, 0.3) is 11.1 Å². The Hall–Kier alpha value is -4.28. The first-order valence-corrected chi connectivity index (χ1v) is 13.6. The van der Waals surface area contributed by atoms with Crippen molar-refractivity contribution in [3.05, 3.63) is 102 Å². The molecule has 0 aliphatic carbocycles. The SMILES string of the molecule is CCCCCCc1ccc([C@H](NCCc2ccc(C#N)cc2)C(=O)Nc2ccc(-c3cnn(C)c3)cn2)cc1. The number of benzene rings is 2. The van der Waals surface area contributed by atoms with Crippen molar-refractivity contribution in [2.45, 2.75) is 51.5 Å². The van der Waals surface area contributed by atoms with Crippen LogP contribution in [-0.4, -0.2) is 27.2 Å². The third-order valence-corrected chi connectivity index (χ3v) is 6.79. The summed E-state index contributed by atoms with van der Waals surface area (Å²) in [6.45, 7) is 2.83. The van der Waals surface area contributed by atoms with Crippen molar-refractivity contribution < 1.29 is 4.79 Å². The molecule has 0 saturated heterocycles. The van der Waals surface area contributed by atoms with Gasteiger partial charge in [-0.3, -0.25) is 9.48 Å². The standard InChI is InChI=1S/C32H36N6O/c1-3-4-5-6-7-24-12-14-27(15-13-24)31(34-19-18-25-8-10-26(20-33)11-9-25)32(39)37-30-17-16-28(21-35-30)29-22-36-38(2)23-29/h8-17,21-23,31,34H,3-7,18-19H2,1-2H3,(H,35,37,39)/t31-/m0/s1. The van der Waals surface area contributed by atoms with E-state index in [4.69, 9.17) is 5.26 Å². The Kier molecular flexibility index (Phi) is 9.98. The van der Waals surface area contributed by atoms with E-state index in [-0.39, 0.29) is 5.91 Å². The van der Waals surface area contributed by atoms with Gasteiger partial charge in [-0.05, 0) is 60.2 Å². The summed E-state index contributed by atoms with van der Waals surface area (Å²) in [6, 6.07) is 21.3. The number of carbonyl (C=O) groups is 1. The summed E-state index contributed by atoms with van der Waals surface area (Å²) in [4.78, 5) is 17.9. The molecular formula is C32H36N6O. The Bertz CT molecular complexity index is 1370. The summed E-state index contributed by atoms with van der Waals surface area (Å²) in [5, 5.41) is 19.7. The minimum atomic E-state index is -0.530. The Morgan fingerprint density at radius 3 is 2.31 bits per heavy atom. The summed E-state index contributed by atoms with van der Waals surface area (Å²) >= 11 is 0. The number of nitrogens with zero attached hydrogens (tertiary/aromatic N) is 4. The highest BCUT2D eigenvalue weighted by molar-refractivity contribution is 5.95. The zero-order chi connectivity index (χ0) is 27.5. The normalized spacial score (nSPS) is 11.6. The van der Waals surface area contributed by atoms with E-state index in [1.807, 2.05) is 61.8 Å². The number of amides is 1. The maximum atomic E-state index is 13.5. The van der Waals surface area contributed by atoms with Crippen molar-refractivity contribution in [2.75, 3.05) is 11.9 Å². The van der Waals surface area contributed by atoms with Crippen LogP contribution in [0.2, 0.25) is 0 Å². The van der Waals surface area contributed by atoms with Gasteiger partial charge in [-0.25, -0.2) is 4.98 Å². The van der Waals surface area contributed by atoms with Gasteiger partial charge < -0.3 is 10.6 Å². The van der Waals surface area contributed by atoms with E-state index in [1.165, 1.54) is 31.2 Å². The minimum Gasteiger partial charge on any atom is -0.309 e. The highest BCUT2D eigenvalue weighted by Crippen LogP contribution is 2.21. The number of aromatic nitrogens is 3. The van der Waals surface area contributed by atoms with Gasteiger partial charge >= 0.3 is 0 Å². The van der Waals surface area contributed by atoms with E-state index in [0.29, 0.717) is 17.9 Å². The van der Waals surface area contributed by atoms with Crippen LogP contribution < -0.4 is 10.6 Å². The van der Waals surface area contributed by atoms with Crippen LogP contribution >= 0.6 is 0 Å². The molecule has 0 aliphatic heterocycles. The van der Waals surface area contributed by atoms with Crippen molar-refractivity contribution >= 4 is 11.7 Å². The van der Waals surface area contributed by atoms with E-state index in [9.17, 15) is 4.79 Å². The van der Waals surface area contributed by atoms with Crippen LogP contribution in [-0.2, 0) is 24.7 Å². The number of anilines is 1. The number of unbranched alkanes of at least 4 members (excludes halogenated alkanes) is 3. The average Bonchev–Trinajstić information content (AvgIpc) is 3.41. The van der Waals surface area contributed by atoms with Crippen LogP contribution in [0.15, 0.2) is 79.3 Å². The van der Waals surface area contributed by atoms with Gasteiger partial charge in [0, 0.05) is 37.1 Å². The monoisotopic (exact) mass is 520 g/mol. The largest absolute Gasteiger partial charge is 0.309 e. The summed E-state index contributed by atoms with van der Waals surface area (Å²) in [5.74, 6) is 0.339. The van der Waals surface area contributed by atoms with Crippen molar-refractivity contribution in [2.24, 2.45) is 7.05 Å². The second-order valence-corrected chi connectivity index (χ2v) is 9.82. The lowest BCUT2D eigenvalue weighted by Gasteiger charge is -2.19. The second kappa shape index (κ2) is 14.0. The summed E-state index contributed by atoms with van der Waals surface area (Å²) in [5.41, 5.74) is 5.86. The number of aryl methyl sites for hydroxylation is 2. The van der Waals surface area contributed by atoms with Gasteiger partial charge in [0.2, 0.25) is 5.91 Å². The van der Waals surface area contributed by atoms with Gasteiger partial charge in [0.05, 0.1) is 17.8 Å². The fourth-order valence-electron chi connectivity index (χ4n) is 4.51. The molecule has 2 heterocycles. The van der Waals surface area contributed by atoms with Crippen LogP contribution in [0.5, 0.6) is 0 Å². The van der Waals surface area contributed by atoms with E-state index < -0.39 is 6.04 Å². The molecular weight excluding hydrogens is 484 g/mol. The molecule has 0 aliphatic rings. The third-order valence-electron chi connectivity index (χ3n) is 6.79. The molecule has 4 rings (SSSR count). The molecule has 1 atom stereocenters. The summed E-state index contributed by atoms with van der Waals surface area (Å²) < 4.78 is 1.75. The van der Waals surface area contributed by atoms with Gasteiger partial charge in [-0.15, -0.1) is 0 Å². The third kappa shape index (κ3) is 8.10. The maximum absolute atomic E-state index is 13.5. The molecule has 0 bridgehead atoms. The van der Waals surface area contributed by atoms with Crippen LogP contribution in [0.1, 0.15) is 60.9 Å². The average molecular weight is 521 g/mol. The molecule has 0 unspecified atom stereocenters. The van der Waals surface area contributed by atoms with Crippen molar-refractivity contribution in [3.8, 4) is 17.2 Å². The van der Waals surface area contributed by atoms with E-state index in [2.05, 4.69) is 45.8 Å². The van der Waals surface area contributed by atoms with Crippen molar-refractivity contribution in [1.82, 2.24) is 20.1 Å². The molecule has 200 valence electrons. The van der Waals surface area contributed by atoms with Gasteiger partial charge in [0.15, 0.2) is 0 Å². The molecule has 0 saturated carbocycles. The fourth-order valence-corrected chi connectivity index (χ4v) is 4.51. The second-order valence-electron chi connectivity index (χ2n) is 9.82. The first kappa shape index (κ1) is 27.7. The van der Waals surface area contributed by atoms with Crippen LogP contribution in [0.4, 0.5) is 5.82 Å². The van der Waals surface area contributed by atoms with Crippen molar-refractivity contribution in [1.29, 1.82) is 5.26 Å². The molecule has 2 aromatic heterocycles. The number of hydrogen-bond donors (Lipinski definition) is 2. The summed E-state index contributed by atoms with van der Waals surface area (Å²) in [7, 11) is 1.87. The van der Waals surface area contributed by atoms with E-state index in [0.717, 1.165) is 35.1 Å². The van der Waals surface area contributed by atoms with E-state index >= 15 is 0 Å². The molecule has 0 spiro atoms. The number of hydrogen-bond acceptors (Lipinski definition) is 5. The molecule has 7 heteroatoms. The predicted octanol–water partition coefficient (Wildman–Crippen LogP) is 5.99. The summed E-state index contributed by atoms with van der Waals surface area (Å²) in [6.07, 6.45) is 12.2. The molecule has 0 fully saturated rings. The minimum absolute atomic E-state index is 0.160. The zero-order valence-electron chi connectivity index (χ0n) is 22.7. The highest BCUT2D eigenvalue weighted by atomic mass is 16.2. The Balaban J connectivity index is 1.44. The van der Waals surface area contributed by atoms with Gasteiger partial charge in [0.25, 0.3) is 0 Å². The molecule has 4 aromatic rings. The Morgan fingerprint density at radius 2 is 1.67 bits per heavy atom. The first-order chi connectivity index (χ1) is 19.1. The topological polar surface area (TPSA) is 95.6 Å². The van der Waals surface area contributed by atoms with Crippen LogP contribution in [0.3, 0.4) is 0 Å². The lowest BCUT2D eigenvalue weighted by molar-refractivity contribution is -0.118. The van der Waals surface area contributed by atoms with Gasteiger partial charge in [-0.2, -0.15) is 10.4 Å². The van der Waals surface area contributed by atoms with Gasteiger partial charge in [0.1, 0.15) is 11.9 Å². The lowest BCUT2D eigenvalue weighted by Crippen LogP contribution is -2.34. The Labute approximate surface area is 230 Å². The number of carbonyl (C=O) groups excluding carboxylic acids is 1. The maximum Gasteiger partial charge on any atom is 0.247 e. The highest BCUT2D eigenvalue weighted by Gasteiger charge is 2.21. The number of pyridine rings is 1. The predicted molar refractivity (Wildman–Crippen MR) is 155 cm³/mol. The molecule has 1 amide bonds. The Morgan fingerprint density at radius 1 is 0.923 bits per heavy atom. The molecule has 7 nitrogen and oxygen atoms in total. The fraction of sp³-hybridized carbons (Fsp3) is 0.312. The smallest absolute Gasteiger partial charge is 0.247 e. The first-order valence-electron chi connectivity index (χ1n) is 13.6. The van der Waals surface area contributed by atoms with Gasteiger partial charge in [-0.1, -0.05) is 62.6 Å². The van der Waals surface area contributed by atoms with E-state index in [1.54, 1.807) is 17.1 Å².